The van der Waals surface area contributed by atoms with E-state index in [0.29, 0.717) is 19.7 Å². The van der Waals surface area contributed by atoms with E-state index in [1.165, 1.54) is 99.3 Å². The number of aryl methyl sites for hydroxylation is 2. The van der Waals surface area contributed by atoms with Crippen LogP contribution in [0.4, 0.5) is 0 Å². The van der Waals surface area contributed by atoms with E-state index in [0.717, 1.165) is 113 Å². The zero-order valence-electron chi connectivity index (χ0n) is 43.7. The molecule has 0 radical (unpaired) electrons. The van der Waals surface area contributed by atoms with Crippen LogP contribution in [0.5, 0.6) is 11.5 Å². The van der Waals surface area contributed by atoms with Crippen molar-refractivity contribution in [2.75, 3.05) is 39.5 Å². The average molecular weight is 925 g/mol. The Morgan fingerprint density at radius 1 is 0.738 bits per heavy atom. The summed E-state index contributed by atoms with van der Waals surface area (Å²) >= 11 is 0. The van der Waals surface area contributed by atoms with Gasteiger partial charge in [-0.15, -0.1) is 0 Å². The molecule has 1 aromatic carbocycles. The predicted molar refractivity (Wildman–Crippen MR) is 281 cm³/mol. The van der Waals surface area contributed by atoms with Crippen molar-refractivity contribution < 1.29 is 28.5 Å². The van der Waals surface area contributed by atoms with Crippen LogP contribution in [0.1, 0.15) is 213 Å². The molecule has 0 saturated heterocycles. The number of hydrogen-bond donors (Lipinski definition) is 2. The van der Waals surface area contributed by atoms with Gasteiger partial charge in [0.1, 0.15) is 17.1 Å². The lowest BCUT2D eigenvalue weighted by Crippen LogP contribution is -2.41. The molecule has 374 valence electrons. The Morgan fingerprint density at radius 2 is 1.32 bits per heavy atom. The predicted octanol–water partition coefficient (Wildman–Crippen LogP) is 15.6. The quantitative estimate of drug-likeness (QED) is 0.0294. The molecular weight excluding hydrogens is 823 g/mol. The van der Waals surface area contributed by atoms with Crippen LogP contribution >= 0.6 is 0 Å². The fourth-order valence-electron chi connectivity index (χ4n) is 8.80. The summed E-state index contributed by atoms with van der Waals surface area (Å²) in [4.78, 5) is 2.13. The average Bonchev–Trinajstić information content (AvgIpc) is 3.25. The van der Waals surface area contributed by atoms with Crippen LogP contribution in [0.15, 0.2) is 59.2 Å². The molecule has 7 nitrogen and oxygen atoms in total. The molecule has 0 bridgehead atoms. The second-order valence-corrected chi connectivity index (χ2v) is 23.6. The minimum Gasteiger partial charge on any atom is -0.487 e. The third-order valence-corrected chi connectivity index (χ3v) is 14.7. The van der Waals surface area contributed by atoms with Crippen molar-refractivity contribution in [2.45, 2.75) is 240 Å². The topological polar surface area (TPSA) is 80.6 Å². The van der Waals surface area contributed by atoms with Crippen LogP contribution in [0, 0.1) is 6.92 Å². The zero-order valence-corrected chi connectivity index (χ0v) is 44.7. The van der Waals surface area contributed by atoms with Crippen molar-refractivity contribution >= 4 is 8.56 Å². The molecule has 8 heteroatoms. The number of hydrogen-bond acceptors (Lipinski definition) is 7. The molecule has 65 heavy (non-hydrogen) atoms. The van der Waals surface area contributed by atoms with Gasteiger partial charge in [-0.3, -0.25) is 4.90 Å². The summed E-state index contributed by atoms with van der Waals surface area (Å²) in [7, 11) is -2.47. The third-order valence-electron chi connectivity index (χ3n) is 12.9. The van der Waals surface area contributed by atoms with E-state index in [1.807, 2.05) is 0 Å². The highest BCUT2D eigenvalue weighted by molar-refractivity contribution is 6.64. The van der Waals surface area contributed by atoms with Gasteiger partial charge in [-0.05, 0) is 181 Å². The normalized spacial score (nSPS) is 16.3. The second kappa shape index (κ2) is 35.9. The number of rotatable bonds is 40. The molecule has 2 rings (SSSR count). The molecule has 0 saturated carbocycles. The first-order valence-electron chi connectivity index (χ1n) is 26.6. The molecular formula is C57H101NO6Si. The third kappa shape index (κ3) is 29.3. The molecule has 1 aromatic rings. The van der Waals surface area contributed by atoms with E-state index in [2.05, 4.69) is 109 Å². The van der Waals surface area contributed by atoms with Gasteiger partial charge >= 0.3 is 8.56 Å². The lowest BCUT2D eigenvalue weighted by molar-refractivity contribution is -0.0308. The molecule has 0 fully saturated rings. The number of aliphatic hydroxyl groups is 2. The summed E-state index contributed by atoms with van der Waals surface area (Å²) in [5.74, 6) is 1.90. The first-order chi connectivity index (χ1) is 31.3. The van der Waals surface area contributed by atoms with Crippen molar-refractivity contribution in [1.82, 2.24) is 4.90 Å². The van der Waals surface area contributed by atoms with Gasteiger partial charge in [0.05, 0.1) is 13.2 Å². The van der Waals surface area contributed by atoms with Crippen molar-refractivity contribution in [2.24, 2.45) is 0 Å². The largest absolute Gasteiger partial charge is 0.487 e. The Labute approximate surface area is 402 Å². The van der Waals surface area contributed by atoms with Gasteiger partial charge in [0.15, 0.2) is 6.29 Å². The lowest BCUT2D eigenvalue weighted by atomic mass is 9.87. The molecule has 1 aliphatic rings. The van der Waals surface area contributed by atoms with E-state index in [-0.39, 0.29) is 25.1 Å². The summed E-state index contributed by atoms with van der Waals surface area (Å²) in [6.45, 7) is 23.0. The maximum absolute atomic E-state index is 9.30. The summed E-state index contributed by atoms with van der Waals surface area (Å²) < 4.78 is 26.9. The molecule has 2 atom stereocenters. The summed E-state index contributed by atoms with van der Waals surface area (Å²) in [5, 5.41) is 18.6. The van der Waals surface area contributed by atoms with Crippen molar-refractivity contribution in [3.63, 3.8) is 0 Å². The number of benzene rings is 1. The van der Waals surface area contributed by atoms with Crippen LogP contribution in [-0.2, 0) is 15.3 Å². The van der Waals surface area contributed by atoms with Gasteiger partial charge in [0.25, 0.3) is 0 Å². The van der Waals surface area contributed by atoms with Gasteiger partial charge in [-0.2, -0.15) is 0 Å². The van der Waals surface area contributed by atoms with Crippen LogP contribution in [-0.4, -0.2) is 75.0 Å². The summed E-state index contributed by atoms with van der Waals surface area (Å²) in [6.07, 6.45) is 41.9. The highest BCUT2D eigenvalue weighted by atomic mass is 28.4. The Hall–Kier alpha value is -2.20. The van der Waals surface area contributed by atoms with E-state index in [1.54, 1.807) is 0 Å². The fourth-order valence-corrected chi connectivity index (χ4v) is 10.3. The Bertz CT molecular complexity index is 1490. The maximum atomic E-state index is 9.30. The maximum Gasteiger partial charge on any atom is 0.334 e. The van der Waals surface area contributed by atoms with Gasteiger partial charge in [0.2, 0.25) is 0 Å². The molecule has 2 unspecified atom stereocenters. The molecule has 0 amide bonds. The first kappa shape index (κ1) is 58.9. The van der Waals surface area contributed by atoms with Crippen LogP contribution in [0.25, 0.3) is 0 Å². The first-order valence-corrected chi connectivity index (χ1v) is 29.5. The van der Waals surface area contributed by atoms with E-state index in [4.69, 9.17) is 18.3 Å². The minimum atomic E-state index is -2.47. The van der Waals surface area contributed by atoms with Crippen LogP contribution in [0.2, 0.25) is 13.1 Å². The second-order valence-electron chi connectivity index (χ2n) is 20.3. The Morgan fingerprint density at radius 3 is 1.97 bits per heavy atom. The smallest absolute Gasteiger partial charge is 0.334 e. The summed E-state index contributed by atoms with van der Waals surface area (Å²) in [5.41, 5.74) is 6.56. The Balaban J connectivity index is 1.94. The van der Waals surface area contributed by atoms with Crippen LogP contribution in [0.3, 0.4) is 0 Å². The number of unbranched alkanes of at least 4 members (excludes halogenated alkanes) is 14. The van der Waals surface area contributed by atoms with Crippen LogP contribution < -0.4 is 9.47 Å². The van der Waals surface area contributed by atoms with Crippen molar-refractivity contribution in [3.8, 4) is 11.5 Å². The van der Waals surface area contributed by atoms with Crippen molar-refractivity contribution in [1.29, 1.82) is 0 Å². The van der Waals surface area contributed by atoms with Gasteiger partial charge in [0, 0.05) is 26.1 Å². The number of fused-ring (bicyclic) bond motifs is 1. The highest BCUT2D eigenvalue weighted by Crippen LogP contribution is 2.40. The highest BCUT2D eigenvalue weighted by Gasteiger charge is 2.33. The monoisotopic (exact) mass is 924 g/mol. The van der Waals surface area contributed by atoms with Gasteiger partial charge in [-0.25, -0.2) is 0 Å². The zero-order chi connectivity index (χ0) is 47.6. The lowest BCUT2D eigenvalue weighted by Gasteiger charge is -2.37. The number of allylic oxidation sites excluding steroid dienone is 8. The molecule has 0 aliphatic carbocycles. The molecule has 0 aromatic heterocycles. The molecule has 0 spiro atoms. The van der Waals surface area contributed by atoms with E-state index >= 15 is 0 Å². The minimum absolute atomic E-state index is 0.129. The summed E-state index contributed by atoms with van der Waals surface area (Å²) in [6, 6.07) is 4.35. The van der Waals surface area contributed by atoms with Gasteiger partial charge in [-0.1, -0.05) is 118 Å². The van der Waals surface area contributed by atoms with E-state index in [9.17, 15) is 10.2 Å². The Kier molecular flexibility index (Phi) is 32.5. The SMILES string of the molecule is CCCCCCCC/C=C\CCCCCCCC(Oc1cc(C)c2c(c1)CCC(C)(CC/C=C(\C)CC/C=C(\C)CCC=C(C)C)O2)O[Si](C)(C)OCCCCCCN(CCO)CCO. The molecule has 1 heterocycles. The number of aliphatic hydroxyl groups excluding tert-OH is 2. The standard InChI is InChI=1S/C57H101NO6Si/c1-10-11-12-13-14-15-16-17-18-19-20-21-22-23-26-37-55(64-65(8,9)61-46-28-25-24-27-41-58(42-44-59)43-45-60)62-54-47-52(6)56-53(48-54)38-40-57(7,63-56)39-31-36-51(5)35-30-34-50(4)33-29-32-49(2)3/h17-18,32,34,36,47-48,55,59-60H,10-16,19-31,33,35,37-46H2,1-9H3/b18-17-,50-34+,51-36+. The number of ether oxygens (including phenoxy) is 2. The van der Waals surface area contributed by atoms with Gasteiger partial charge < -0.3 is 28.5 Å². The molecule has 1 aliphatic heterocycles. The van der Waals surface area contributed by atoms with Crippen molar-refractivity contribution in [3.05, 3.63) is 70.4 Å². The molecule has 2 N–H and O–H groups in total. The number of nitrogens with zero attached hydrogens (tertiary/aromatic N) is 1. The van der Waals surface area contributed by atoms with E-state index < -0.39 is 8.56 Å². The fraction of sp³-hybridized carbons (Fsp3) is 0.754.